The Morgan fingerprint density at radius 3 is 2.95 bits per heavy atom. The summed E-state index contributed by atoms with van der Waals surface area (Å²) in [6, 6.07) is 7.58. The van der Waals surface area contributed by atoms with E-state index in [0.717, 1.165) is 30.7 Å². The molecule has 1 aromatic carbocycles. The second kappa shape index (κ2) is 7.61. The van der Waals surface area contributed by atoms with E-state index in [2.05, 4.69) is 5.32 Å². The molecule has 3 atom stereocenters. The first-order chi connectivity index (χ1) is 10.6. The third-order valence-corrected chi connectivity index (χ3v) is 4.34. The molecule has 0 spiro atoms. The average Bonchev–Trinajstić information content (AvgIpc) is 3.02. The lowest BCUT2D eigenvalue weighted by molar-refractivity contribution is -0.134. The molecule has 1 saturated heterocycles. The summed E-state index contributed by atoms with van der Waals surface area (Å²) in [6.07, 6.45) is 1.86. The summed E-state index contributed by atoms with van der Waals surface area (Å²) in [6.45, 7) is 4.70. The van der Waals surface area contributed by atoms with Gasteiger partial charge in [-0.1, -0.05) is 12.1 Å². The summed E-state index contributed by atoms with van der Waals surface area (Å²) < 4.78 is 5.24. The summed E-state index contributed by atoms with van der Waals surface area (Å²) in [5.41, 5.74) is 1.08. The van der Waals surface area contributed by atoms with Crippen molar-refractivity contribution in [1.82, 2.24) is 10.2 Å². The summed E-state index contributed by atoms with van der Waals surface area (Å²) in [5.74, 6) is 0.872. The van der Waals surface area contributed by atoms with E-state index in [-0.39, 0.29) is 30.6 Å². The Morgan fingerprint density at radius 1 is 1.50 bits per heavy atom. The first kappa shape index (κ1) is 16.8. The Kier molecular flexibility index (Phi) is 5.80. The summed E-state index contributed by atoms with van der Waals surface area (Å²) >= 11 is 0. The molecule has 5 nitrogen and oxygen atoms in total. The number of nitrogens with zero attached hydrogens (tertiary/aromatic N) is 1. The van der Waals surface area contributed by atoms with Crippen LogP contribution in [0.5, 0.6) is 5.75 Å². The van der Waals surface area contributed by atoms with Crippen LogP contribution in [-0.4, -0.2) is 48.3 Å². The highest BCUT2D eigenvalue weighted by molar-refractivity contribution is 5.82. The van der Waals surface area contributed by atoms with Crippen LogP contribution in [0.15, 0.2) is 24.3 Å². The SMILES string of the molecule is COc1cccc([C@@H](C)N[C@@H](C)C(=O)N2CCC[C@@H]2CO)c1. The molecule has 0 aliphatic carbocycles. The Hall–Kier alpha value is -1.59. The minimum absolute atomic E-state index is 0.0242. The van der Waals surface area contributed by atoms with E-state index in [9.17, 15) is 9.90 Å². The monoisotopic (exact) mass is 306 g/mol. The number of nitrogens with one attached hydrogen (secondary N) is 1. The van der Waals surface area contributed by atoms with Gasteiger partial charge in [-0.15, -0.1) is 0 Å². The van der Waals surface area contributed by atoms with Gasteiger partial charge in [-0.05, 0) is 44.4 Å². The van der Waals surface area contributed by atoms with Crippen LogP contribution in [-0.2, 0) is 4.79 Å². The summed E-state index contributed by atoms with van der Waals surface area (Å²) in [5, 5.41) is 12.7. The molecule has 22 heavy (non-hydrogen) atoms. The van der Waals surface area contributed by atoms with Crippen LogP contribution < -0.4 is 10.1 Å². The van der Waals surface area contributed by atoms with Gasteiger partial charge in [-0.3, -0.25) is 10.1 Å². The number of hydrogen-bond acceptors (Lipinski definition) is 4. The van der Waals surface area contributed by atoms with Crippen molar-refractivity contribution >= 4 is 5.91 Å². The number of carbonyl (C=O) groups excluding carboxylic acids is 1. The van der Waals surface area contributed by atoms with Gasteiger partial charge in [0, 0.05) is 12.6 Å². The van der Waals surface area contributed by atoms with E-state index in [4.69, 9.17) is 4.74 Å². The van der Waals surface area contributed by atoms with E-state index >= 15 is 0 Å². The van der Waals surface area contributed by atoms with Crippen molar-refractivity contribution < 1.29 is 14.6 Å². The summed E-state index contributed by atoms with van der Waals surface area (Å²) in [4.78, 5) is 14.3. The molecular formula is C17H26N2O3. The lowest BCUT2D eigenvalue weighted by atomic mass is 10.1. The molecule has 1 amide bonds. The van der Waals surface area contributed by atoms with Gasteiger partial charge < -0.3 is 14.7 Å². The second-order valence-corrected chi connectivity index (χ2v) is 5.90. The first-order valence-electron chi connectivity index (χ1n) is 7.88. The largest absolute Gasteiger partial charge is 0.497 e. The maximum Gasteiger partial charge on any atom is 0.239 e. The molecule has 1 aliphatic rings. The summed E-state index contributed by atoms with van der Waals surface area (Å²) in [7, 11) is 1.64. The van der Waals surface area contributed by atoms with Crippen LogP contribution in [0.4, 0.5) is 0 Å². The van der Waals surface area contributed by atoms with Crippen molar-refractivity contribution in [3.05, 3.63) is 29.8 Å². The van der Waals surface area contributed by atoms with Crippen molar-refractivity contribution in [3.8, 4) is 5.75 Å². The fraction of sp³-hybridized carbons (Fsp3) is 0.588. The molecule has 5 heteroatoms. The molecule has 0 unspecified atom stereocenters. The van der Waals surface area contributed by atoms with Gasteiger partial charge in [0.1, 0.15) is 5.75 Å². The molecule has 1 fully saturated rings. The van der Waals surface area contributed by atoms with Crippen molar-refractivity contribution in [3.63, 3.8) is 0 Å². The zero-order valence-electron chi connectivity index (χ0n) is 13.6. The highest BCUT2D eigenvalue weighted by atomic mass is 16.5. The predicted molar refractivity (Wildman–Crippen MR) is 85.8 cm³/mol. The van der Waals surface area contributed by atoms with Crippen LogP contribution in [0, 0.1) is 0 Å². The topological polar surface area (TPSA) is 61.8 Å². The Bertz CT molecular complexity index is 506. The number of hydrogen-bond donors (Lipinski definition) is 2. The van der Waals surface area contributed by atoms with Crippen LogP contribution in [0.3, 0.4) is 0 Å². The predicted octanol–water partition coefficient (Wildman–Crippen LogP) is 1.72. The highest BCUT2D eigenvalue weighted by Gasteiger charge is 2.31. The number of likely N-dealkylation sites (tertiary alicyclic amines) is 1. The Labute approximate surface area is 132 Å². The zero-order chi connectivity index (χ0) is 16.1. The lowest BCUT2D eigenvalue weighted by Crippen LogP contribution is -2.48. The van der Waals surface area contributed by atoms with Crippen molar-refractivity contribution in [2.75, 3.05) is 20.3 Å². The normalized spacial score (nSPS) is 20.7. The number of methoxy groups -OCH3 is 1. The van der Waals surface area contributed by atoms with Crippen molar-refractivity contribution in [1.29, 1.82) is 0 Å². The smallest absolute Gasteiger partial charge is 0.239 e. The van der Waals surface area contributed by atoms with Crippen LogP contribution in [0.2, 0.25) is 0 Å². The molecule has 1 aromatic rings. The van der Waals surface area contributed by atoms with E-state index in [0.29, 0.717) is 0 Å². The van der Waals surface area contributed by atoms with E-state index in [1.807, 2.05) is 38.1 Å². The molecule has 1 heterocycles. The number of aliphatic hydroxyl groups is 1. The van der Waals surface area contributed by atoms with E-state index in [1.54, 1.807) is 12.0 Å². The van der Waals surface area contributed by atoms with Gasteiger partial charge >= 0.3 is 0 Å². The number of ether oxygens (including phenoxy) is 1. The minimum atomic E-state index is -0.284. The first-order valence-corrected chi connectivity index (χ1v) is 7.88. The zero-order valence-corrected chi connectivity index (χ0v) is 13.6. The van der Waals surface area contributed by atoms with Crippen LogP contribution in [0.25, 0.3) is 0 Å². The van der Waals surface area contributed by atoms with Crippen molar-refractivity contribution in [2.24, 2.45) is 0 Å². The number of aliphatic hydroxyl groups excluding tert-OH is 1. The number of amides is 1. The molecule has 0 radical (unpaired) electrons. The maximum absolute atomic E-state index is 12.5. The lowest BCUT2D eigenvalue weighted by Gasteiger charge is -2.28. The highest BCUT2D eigenvalue weighted by Crippen LogP contribution is 2.21. The fourth-order valence-corrected chi connectivity index (χ4v) is 3.02. The van der Waals surface area contributed by atoms with Crippen molar-refractivity contribution in [2.45, 2.75) is 44.8 Å². The van der Waals surface area contributed by atoms with Gasteiger partial charge in [-0.25, -0.2) is 0 Å². The van der Waals surface area contributed by atoms with E-state index in [1.165, 1.54) is 0 Å². The molecule has 2 rings (SSSR count). The standard InChI is InChI=1S/C17H26N2O3/c1-12(14-6-4-8-16(10-14)22-3)18-13(2)17(21)19-9-5-7-15(19)11-20/h4,6,8,10,12-13,15,18,20H,5,7,9,11H2,1-3H3/t12-,13+,15-/m1/s1. The number of carbonyl (C=O) groups is 1. The Morgan fingerprint density at radius 2 is 2.27 bits per heavy atom. The molecule has 1 aliphatic heterocycles. The molecule has 0 aromatic heterocycles. The molecule has 0 saturated carbocycles. The average molecular weight is 306 g/mol. The third kappa shape index (κ3) is 3.78. The van der Waals surface area contributed by atoms with Crippen LogP contribution in [0.1, 0.15) is 38.3 Å². The van der Waals surface area contributed by atoms with Gasteiger partial charge in [0.15, 0.2) is 0 Å². The quantitative estimate of drug-likeness (QED) is 0.840. The third-order valence-electron chi connectivity index (χ3n) is 4.34. The molecular weight excluding hydrogens is 280 g/mol. The number of benzene rings is 1. The number of rotatable bonds is 6. The van der Waals surface area contributed by atoms with Gasteiger partial charge in [0.25, 0.3) is 0 Å². The molecule has 122 valence electrons. The fourth-order valence-electron chi connectivity index (χ4n) is 3.02. The second-order valence-electron chi connectivity index (χ2n) is 5.90. The minimum Gasteiger partial charge on any atom is -0.497 e. The molecule has 0 bridgehead atoms. The van der Waals surface area contributed by atoms with Crippen LogP contribution >= 0.6 is 0 Å². The van der Waals surface area contributed by atoms with Gasteiger partial charge in [0.05, 0.1) is 25.8 Å². The van der Waals surface area contributed by atoms with Gasteiger partial charge in [-0.2, -0.15) is 0 Å². The van der Waals surface area contributed by atoms with E-state index < -0.39 is 0 Å². The van der Waals surface area contributed by atoms with Gasteiger partial charge in [0.2, 0.25) is 5.91 Å². The molecule has 2 N–H and O–H groups in total. The maximum atomic E-state index is 12.5. The Balaban J connectivity index is 1.98.